The van der Waals surface area contributed by atoms with Crippen molar-refractivity contribution < 1.29 is 32.3 Å². The molecule has 13 heteroatoms. The monoisotopic (exact) mass is 640 g/mol. The van der Waals surface area contributed by atoms with Crippen LogP contribution < -0.4 is 10.6 Å². The van der Waals surface area contributed by atoms with Crippen LogP contribution in [0.2, 0.25) is 10.0 Å². The number of hydrogen-bond acceptors (Lipinski definition) is 5. The third kappa shape index (κ3) is 6.43. The van der Waals surface area contributed by atoms with Crippen molar-refractivity contribution >= 4 is 52.5 Å². The lowest BCUT2D eigenvalue weighted by Crippen LogP contribution is -2.48. The van der Waals surface area contributed by atoms with E-state index < -0.39 is 41.5 Å². The summed E-state index contributed by atoms with van der Waals surface area (Å²) in [7, 11) is 0. The third-order valence-electron chi connectivity index (χ3n) is 6.87. The van der Waals surface area contributed by atoms with E-state index in [1.807, 2.05) is 0 Å². The van der Waals surface area contributed by atoms with Crippen LogP contribution in [0.25, 0.3) is 0 Å². The third-order valence-corrected chi connectivity index (χ3v) is 7.73. The van der Waals surface area contributed by atoms with Crippen LogP contribution >= 0.6 is 23.2 Å². The van der Waals surface area contributed by atoms with Crippen molar-refractivity contribution in [2.45, 2.75) is 25.2 Å². The van der Waals surface area contributed by atoms with Crippen molar-refractivity contribution in [3.05, 3.63) is 129 Å². The molecule has 2 heterocycles. The minimum absolute atomic E-state index is 0.0590. The van der Waals surface area contributed by atoms with E-state index in [2.05, 4.69) is 15.6 Å². The SMILES string of the molecule is O=C(NCc1ccc(C(F)(F)F)nc1)c1ccc(NC(=O)C(Cc2cccc(Cl)c2Cl)N2C(=O)c3ccccc3C2=O)cc1. The highest BCUT2D eigenvalue weighted by molar-refractivity contribution is 6.42. The summed E-state index contributed by atoms with van der Waals surface area (Å²) < 4.78 is 38.1. The Morgan fingerprint density at radius 3 is 2.11 bits per heavy atom. The van der Waals surface area contributed by atoms with Gasteiger partial charge in [0.05, 0.1) is 21.2 Å². The van der Waals surface area contributed by atoms with Crippen LogP contribution in [0, 0.1) is 0 Å². The Morgan fingerprint density at radius 1 is 0.864 bits per heavy atom. The molecule has 5 rings (SSSR count). The van der Waals surface area contributed by atoms with Crippen LogP contribution in [0.1, 0.15) is 47.9 Å². The number of pyridine rings is 1. The van der Waals surface area contributed by atoms with E-state index in [0.29, 0.717) is 11.1 Å². The van der Waals surface area contributed by atoms with E-state index in [-0.39, 0.29) is 45.4 Å². The molecule has 1 atom stereocenters. The maximum absolute atomic E-state index is 13.6. The highest BCUT2D eigenvalue weighted by atomic mass is 35.5. The zero-order chi connectivity index (χ0) is 31.6. The van der Waals surface area contributed by atoms with Gasteiger partial charge in [0, 0.05) is 30.4 Å². The van der Waals surface area contributed by atoms with Crippen molar-refractivity contribution in [1.29, 1.82) is 0 Å². The number of benzene rings is 3. The number of amides is 4. The number of carbonyl (C=O) groups is 4. The largest absolute Gasteiger partial charge is 0.433 e. The van der Waals surface area contributed by atoms with E-state index in [1.165, 1.54) is 42.5 Å². The second-order valence-electron chi connectivity index (χ2n) is 9.76. The lowest BCUT2D eigenvalue weighted by atomic mass is 10.0. The molecular formula is C31H21Cl2F3N4O4. The van der Waals surface area contributed by atoms with E-state index >= 15 is 0 Å². The summed E-state index contributed by atoms with van der Waals surface area (Å²) in [4.78, 5) is 57.0. The van der Waals surface area contributed by atoms with Gasteiger partial charge in [-0.05, 0) is 59.7 Å². The standard InChI is InChI=1S/C31H21Cl2F3N4O4/c32-23-7-3-4-19(26(23)33)14-24(40-29(43)21-5-1-2-6-22(21)30(40)44)28(42)39-20-11-9-18(10-12-20)27(41)38-16-17-8-13-25(37-15-17)31(34,35)36/h1-13,15,24H,14,16H2,(H,38,41)(H,39,42). The summed E-state index contributed by atoms with van der Waals surface area (Å²) in [5.41, 5.74) is 0.624. The van der Waals surface area contributed by atoms with Crippen molar-refractivity contribution in [2.75, 3.05) is 5.32 Å². The fraction of sp³-hybridized carbons (Fsp3) is 0.129. The first-order valence-corrected chi connectivity index (χ1v) is 13.8. The summed E-state index contributed by atoms with van der Waals surface area (Å²) in [6, 6.07) is 17.6. The fourth-order valence-electron chi connectivity index (χ4n) is 4.62. The molecule has 0 bridgehead atoms. The number of carbonyl (C=O) groups excluding carboxylic acids is 4. The van der Waals surface area contributed by atoms with Gasteiger partial charge in [0.2, 0.25) is 5.91 Å². The number of halogens is 5. The molecule has 2 N–H and O–H groups in total. The molecule has 1 unspecified atom stereocenters. The van der Waals surface area contributed by atoms with Gasteiger partial charge in [-0.15, -0.1) is 0 Å². The molecule has 0 saturated heterocycles. The number of fused-ring (bicyclic) bond motifs is 1. The predicted molar refractivity (Wildman–Crippen MR) is 156 cm³/mol. The average Bonchev–Trinajstić information content (AvgIpc) is 3.26. The van der Waals surface area contributed by atoms with Gasteiger partial charge < -0.3 is 10.6 Å². The maximum atomic E-state index is 13.6. The van der Waals surface area contributed by atoms with E-state index in [9.17, 15) is 32.3 Å². The Morgan fingerprint density at radius 2 is 1.52 bits per heavy atom. The molecule has 224 valence electrons. The number of anilines is 1. The van der Waals surface area contributed by atoms with Crippen LogP contribution in [0.15, 0.2) is 85.1 Å². The Balaban J connectivity index is 1.30. The molecule has 0 aliphatic carbocycles. The highest BCUT2D eigenvalue weighted by Crippen LogP contribution is 2.31. The fourth-order valence-corrected chi connectivity index (χ4v) is 5.02. The Bertz CT molecular complexity index is 1730. The minimum atomic E-state index is -4.56. The number of alkyl halides is 3. The lowest BCUT2D eigenvalue weighted by molar-refractivity contribution is -0.141. The first kappa shape index (κ1) is 30.7. The molecule has 0 radical (unpaired) electrons. The van der Waals surface area contributed by atoms with Gasteiger partial charge in [0.25, 0.3) is 17.7 Å². The molecular weight excluding hydrogens is 620 g/mol. The molecule has 1 aliphatic heterocycles. The predicted octanol–water partition coefficient (Wildman–Crippen LogP) is 6.18. The van der Waals surface area contributed by atoms with Crippen molar-refractivity contribution in [3.63, 3.8) is 0 Å². The van der Waals surface area contributed by atoms with Gasteiger partial charge in [0.15, 0.2) is 0 Å². The van der Waals surface area contributed by atoms with E-state index in [1.54, 1.807) is 30.3 Å². The van der Waals surface area contributed by atoms with Crippen molar-refractivity contribution in [3.8, 4) is 0 Å². The number of imide groups is 1. The average molecular weight is 641 g/mol. The Hall–Kier alpha value is -4.74. The molecule has 1 aliphatic rings. The summed E-state index contributed by atoms with van der Waals surface area (Å²) in [5, 5.41) is 5.71. The first-order valence-electron chi connectivity index (χ1n) is 13.0. The van der Waals surface area contributed by atoms with E-state index in [4.69, 9.17) is 23.2 Å². The number of nitrogens with zero attached hydrogens (tertiary/aromatic N) is 2. The molecule has 0 spiro atoms. The Kier molecular flexibility index (Phi) is 8.70. The van der Waals surface area contributed by atoms with Crippen LogP contribution in [0.4, 0.5) is 18.9 Å². The zero-order valence-electron chi connectivity index (χ0n) is 22.5. The molecule has 0 saturated carbocycles. The minimum Gasteiger partial charge on any atom is -0.348 e. The molecule has 44 heavy (non-hydrogen) atoms. The van der Waals surface area contributed by atoms with Crippen LogP contribution in [-0.2, 0) is 23.9 Å². The quantitative estimate of drug-likeness (QED) is 0.224. The molecule has 1 aromatic heterocycles. The number of hydrogen-bond donors (Lipinski definition) is 2. The van der Waals surface area contributed by atoms with Gasteiger partial charge in [-0.2, -0.15) is 13.2 Å². The smallest absolute Gasteiger partial charge is 0.348 e. The summed E-state index contributed by atoms with van der Waals surface area (Å²) >= 11 is 12.5. The summed E-state index contributed by atoms with van der Waals surface area (Å²) in [6.07, 6.45) is -3.65. The number of nitrogens with one attached hydrogen (secondary N) is 2. The summed E-state index contributed by atoms with van der Waals surface area (Å²) in [5.74, 6) is -2.44. The van der Waals surface area contributed by atoms with E-state index in [0.717, 1.165) is 17.2 Å². The maximum Gasteiger partial charge on any atom is 0.433 e. The molecule has 4 aromatic rings. The lowest BCUT2D eigenvalue weighted by Gasteiger charge is -2.26. The van der Waals surface area contributed by atoms with Crippen molar-refractivity contribution in [1.82, 2.24) is 15.2 Å². The second kappa shape index (κ2) is 12.5. The number of rotatable bonds is 8. The first-order chi connectivity index (χ1) is 20.9. The van der Waals surface area contributed by atoms with Gasteiger partial charge >= 0.3 is 6.18 Å². The van der Waals surface area contributed by atoms with Gasteiger partial charge in [-0.25, -0.2) is 0 Å². The van der Waals surface area contributed by atoms with Crippen molar-refractivity contribution in [2.24, 2.45) is 0 Å². The second-order valence-corrected chi connectivity index (χ2v) is 10.5. The molecule has 3 aromatic carbocycles. The van der Waals surface area contributed by atoms with Crippen LogP contribution in [0.3, 0.4) is 0 Å². The van der Waals surface area contributed by atoms with Gasteiger partial charge in [-0.1, -0.05) is 53.5 Å². The zero-order valence-corrected chi connectivity index (χ0v) is 24.0. The molecule has 4 amide bonds. The highest BCUT2D eigenvalue weighted by Gasteiger charge is 2.43. The normalized spacial score (nSPS) is 13.4. The Labute approximate surface area is 258 Å². The topological polar surface area (TPSA) is 108 Å². The van der Waals surface area contributed by atoms with Gasteiger partial charge in [-0.3, -0.25) is 29.1 Å². The van der Waals surface area contributed by atoms with Crippen LogP contribution in [0.5, 0.6) is 0 Å². The van der Waals surface area contributed by atoms with Crippen LogP contribution in [-0.4, -0.2) is 39.6 Å². The molecule has 0 fully saturated rings. The molecule has 8 nitrogen and oxygen atoms in total. The van der Waals surface area contributed by atoms with Gasteiger partial charge in [0.1, 0.15) is 11.7 Å². The number of aromatic nitrogens is 1. The summed E-state index contributed by atoms with van der Waals surface area (Å²) in [6.45, 7) is -0.0590.